The van der Waals surface area contributed by atoms with Gasteiger partial charge in [0.2, 0.25) is 0 Å². The summed E-state index contributed by atoms with van der Waals surface area (Å²) in [7, 11) is 1.68. The predicted molar refractivity (Wildman–Crippen MR) is 122 cm³/mol. The zero-order chi connectivity index (χ0) is 21.5. The molecule has 3 aromatic rings. The first kappa shape index (κ1) is 21.1. The Hall–Kier alpha value is -3.19. The number of hydrogen-bond donors (Lipinski definition) is 0. The topological polar surface area (TPSA) is 44.5 Å². The maximum atomic E-state index is 6.31. The van der Waals surface area contributed by atoms with E-state index in [0.29, 0.717) is 12.3 Å². The van der Waals surface area contributed by atoms with Gasteiger partial charge in [-0.25, -0.2) is 4.98 Å². The fraction of sp³-hybridized carbons (Fsp3) is 0.370. The quantitative estimate of drug-likeness (QED) is 0.448. The minimum atomic E-state index is -0.0691. The molecule has 2 aromatic carbocycles. The molecule has 1 atom stereocenters. The highest BCUT2D eigenvalue weighted by Crippen LogP contribution is 2.35. The molecule has 4 nitrogen and oxygen atoms in total. The van der Waals surface area contributed by atoms with Crippen LogP contribution >= 0.6 is 0 Å². The molecule has 0 N–H and O–H groups in total. The molecule has 1 heterocycles. The van der Waals surface area contributed by atoms with Gasteiger partial charge in [0.15, 0.2) is 17.4 Å². The third-order valence-electron chi connectivity index (χ3n) is 5.68. The van der Waals surface area contributed by atoms with Crippen LogP contribution in [-0.2, 0) is 12.8 Å². The normalized spacial score (nSPS) is 14.6. The van der Waals surface area contributed by atoms with Gasteiger partial charge in [0.1, 0.15) is 5.76 Å². The van der Waals surface area contributed by atoms with Crippen LogP contribution in [0.3, 0.4) is 0 Å². The molecule has 4 heteroatoms. The first-order valence-corrected chi connectivity index (χ1v) is 11.1. The van der Waals surface area contributed by atoms with Crippen LogP contribution in [0.4, 0.5) is 0 Å². The lowest BCUT2D eigenvalue weighted by Crippen LogP contribution is -2.12. The number of aryl methyl sites for hydroxylation is 1. The van der Waals surface area contributed by atoms with Crippen LogP contribution in [0.5, 0.6) is 11.5 Å². The number of methoxy groups -OCH3 is 1. The molecule has 1 aliphatic rings. The van der Waals surface area contributed by atoms with Gasteiger partial charge in [-0.15, -0.1) is 0 Å². The largest absolute Gasteiger partial charge is 0.493 e. The van der Waals surface area contributed by atoms with Crippen LogP contribution < -0.4 is 9.47 Å². The van der Waals surface area contributed by atoms with Crippen LogP contribution in [0.25, 0.3) is 0 Å². The monoisotopic (exact) mass is 415 g/mol. The van der Waals surface area contributed by atoms with Crippen LogP contribution in [0.15, 0.2) is 59.1 Å². The molecule has 0 spiro atoms. The molecular weight excluding hydrogens is 386 g/mol. The molecule has 31 heavy (non-hydrogen) atoms. The molecule has 0 aliphatic heterocycles. The Balaban J connectivity index is 1.65. The Bertz CT molecular complexity index is 1040. The highest BCUT2D eigenvalue weighted by atomic mass is 16.5. The van der Waals surface area contributed by atoms with Gasteiger partial charge in [0.25, 0.3) is 0 Å². The van der Waals surface area contributed by atoms with Crippen molar-refractivity contribution in [3.8, 4) is 23.3 Å². The first-order valence-electron chi connectivity index (χ1n) is 11.1. The van der Waals surface area contributed by atoms with Crippen molar-refractivity contribution in [2.45, 2.75) is 57.5 Å². The summed E-state index contributed by atoms with van der Waals surface area (Å²) in [5.74, 6) is 9.84. The fourth-order valence-corrected chi connectivity index (χ4v) is 3.91. The number of aromatic nitrogens is 1. The van der Waals surface area contributed by atoms with Gasteiger partial charge in [-0.05, 0) is 55.5 Å². The maximum absolute atomic E-state index is 6.31. The van der Waals surface area contributed by atoms with Crippen LogP contribution in [0.2, 0.25) is 0 Å². The number of ether oxygens (including phenoxy) is 2. The standard InChI is InChI=1S/C27H29NO3/c1-3-23-19-28-27(31-23)18-22(14-13-20-9-5-4-6-10-20)21-15-16-25(29-2)26(17-21)30-24-11-7-8-12-24/h4-6,9-10,15-17,19,22,24H,3,7-8,11-12,18H2,1-2H3. The van der Waals surface area contributed by atoms with E-state index in [4.69, 9.17) is 13.9 Å². The average Bonchev–Trinajstić information content (AvgIpc) is 3.49. The van der Waals surface area contributed by atoms with Gasteiger partial charge >= 0.3 is 0 Å². The van der Waals surface area contributed by atoms with E-state index < -0.39 is 0 Å². The Labute approximate surface area is 184 Å². The van der Waals surface area contributed by atoms with E-state index in [2.05, 4.69) is 35.9 Å². The van der Waals surface area contributed by atoms with Crippen molar-refractivity contribution in [3.63, 3.8) is 0 Å². The van der Waals surface area contributed by atoms with Crippen molar-refractivity contribution in [2.75, 3.05) is 7.11 Å². The highest BCUT2D eigenvalue weighted by molar-refractivity contribution is 5.47. The molecule has 0 bridgehead atoms. The minimum Gasteiger partial charge on any atom is -0.493 e. The van der Waals surface area contributed by atoms with Crippen LogP contribution in [0, 0.1) is 11.8 Å². The molecular formula is C27H29NO3. The van der Waals surface area contributed by atoms with Gasteiger partial charge in [0, 0.05) is 18.4 Å². The average molecular weight is 416 g/mol. The van der Waals surface area contributed by atoms with E-state index >= 15 is 0 Å². The molecule has 1 fully saturated rings. The Morgan fingerprint density at radius 3 is 2.61 bits per heavy atom. The van der Waals surface area contributed by atoms with Gasteiger partial charge in [-0.3, -0.25) is 0 Å². The maximum Gasteiger partial charge on any atom is 0.195 e. The summed E-state index contributed by atoms with van der Waals surface area (Å²) in [5.41, 5.74) is 2.07. The van der Waals surface area contributed by atoms with Crippen molar-refractivity contribution >= 4 is 0 Å². The third-order valence-corrected chi connectivity index (χ3v) is 5.68. The molecule has 1 unspecified atom stereocenters. The van der Waals surface area contributed by atoms with Crippen molar-refractivity contribution in [1.29, 1.82) is 0 Å². The smallest absolute Gasteiger partial charge is 0.195 e. The summed E-state index contributed by atoms with van der Waals surface area (Å²) < 4.78 is 17.8. The summed E-state index contributed by atoms with van der Waals surface area (Å²) in [6.07, 6.45) is 8.14. The van der Waals surface area contributed by atoms with Crippen molar-refractivity contribution in [3.05, 3.63) is 77.5 Å². The second kappa shape index (κ2) is 10.2. The van der Waals surface area contributed by atoms with E-state index in [-0.39, 0.29) is 12.0 Å². The van der Waals surface area contributed by atoms with Gasteiger partial charge in [-0.2, -0.15) is 0 Å². The lowest BCUT2D eigenvalue weighted by molar-refractivity contribution is 0.200. The lowest BCUT2D eigenvalue weighted by atomic mass is 9.95. The predicted octanol–water partition coefficient (Wildman–Crippen LogP) is 5.95. The van der Waals surface area contributed by atoms with Crippen molar-refractivity contribution < 1.29 is 13.9 Å². The van der Waals surface area contributed by atoms with E-state index in [1.807, 2.05) is 36.4 Å². The molecule has 1 aliphatic carbocycles. The third kappa shape index (κ3) is 5.49. The number of hydrogen-bond acceptors (Lipinski definition) is 4. The summed E-state index contributed by atoms with van der Waals surface area (Å²) in [6.45, 7) is 2.06. The molecule has 1 aromatic heterocycles. The van der Waals surface area contributed by atoms with E-state index in [1.54, 1.807) is 13.3 Å². The van der Waals surface area contributed by atoms with Crippen LogP contribution in [-0.4, -0.2) is 18.2 Å². The Morgan fingerprint density at radius 2 is 1.90 bits per heavy atom. The molecule has 1 saturated carbocycles. The number of rotatable bonds is 7. The Morgan fingerprint density at radius 1 is 1.10 bits per heavy atom. The first-order chi connectivity index (χ1) is 15.2. The number of nitrogens with zero attached hydrogens (tertiary/aromatic N) is 1. The van der Waals surface area contributed by atoms with Crippen LogP contribution in [0.1, 0.15) is 61.3 Å². The van der Waals surface area contributed by atoms with E-state index in [1.165, 1.54) is 12.8 Å². The van der Waals surface area contributed by atoms with Gasteiger partial charge < -0.3 is 13.9 Å². The summed E-state index contributed by atoms with van der Waals surface area (Å²) in [5, 5.41) is 0. The van der Waals surface area contributed by atoms with Gasteiger partial charge in [0.05, 0.1) is 25.3 Å². The van der Waals surface area contributed by atoms with Gasteiger partial charge in [-0.1, -0.05) is 43.0 Å². The van der Waals surface area contributed by atoms with E-state index in [0.717, 1.165) is 47.6 Å². The number of oxazole rings is 1. The zero-order valence-corrected chi connectivity index (χ0v) is 18.3. The number of benzene rings is 2. The Kier molecular flexibility index (Phi) is 6.94. The summed E-state index contributed by atoms with van der Waals surface area (Å²) in [4.78, 5) is 4.46. The molecule has 160 valence electrons. The molecule has 0 amide bonds. The second-order valence-corrected chi connectivity index (χ2v) is 7.90. The van der Waals surface area contributed by atoms with Crippen molar-refractivity contribution in [1.82, 2.24) is 4.98 Å². The lowest BCUT2D eigenvalue weighted by Gasteiger charge is -2.18. The van der Waals surface area contributed by atoms with Crippen molar-refractivity contribution in [2.24, 2.45) is 0 Å². The second-order valence-electron chi connectivity index (χ2n) is 7.90. The fourth-order valence-electron chi connectivity index (χ4n) is 3.91. The van der Waals surface area contributed by atoms with E-state index in [9.17, 15) is 0 Å². The zero-order valence-electron chi connectivity index (χ0n) is 18.3. The molecule has 0 radical (unpaired) electrons. The minimum absolute atomic E-state index is 0.0691. The summed E-state index contributed by atoms with van der Waals surface area (Å²) in [6, 6.07) is 16.2. The molecule has 0 saturated heterocycles. The molecule has 4 rings (SSSR count). The SMILES string of the molecule is CCc1cnc(CC(C#Cc2ccccc2)c2ccc(OC)c(OC3CCCC3)c2)o1. The highest BCUT2D eigenvalue weighted by Gasteiger charge is 2.21. The summed E-state index contributed by atoms with van der Waals surface area (Å²) >= 11 is 0.